The van der Waals surface area contributed by atoms with Crippen LogP contribution in [0.1, 0.15) is 16.7 Å². The van der Waals surface area contributed by atoms with Crippen molar-refractivity contribution >= 4 is 15.9 Å². The van der Waals surface area contributed by atoms with Gasteiger partial charge >= 0.3 is 0 Å². The van der Waals surface area contributed by atoms with Crippen LogP contribution in [-0.4, -0.2) is 70.1 Å². The molecule has 0 spiro atoms. The van der Waals surface area contributed by atoms with Gasteiger partial charge in [-0.05, 0) is 35.7 Å². The van der Waals surface area contributed by atoms with Gasteiger partial charge in [0.1, 0.15) is 0 Å². The standard InChI is InChI=1S/C23H30N4O4S/c1-30-12-10-26(11-13-31-2)32(28,29)27-18-21-14-20(16-24)8-9-23(21)25-17-22(27)15-19-6-4-3-5-7-19/h3-9,14,22,25H,10-13,15,17-18H2,1-2H3/t22-/m1/s1. The van der Waals surface area contributed by atoms with Crippen LogP contribution in [0.25, 0.3) is 0 Å². The molecule has 1 aliphatic heterocycles. The quantitative estimate of drug-likeness (QED) is 0.587. The van der Waals surface area contributed by atoms with Crippen molar-refractivity contribution in [3.05, 3.63) is 65.2 Å². The Kier molecular flexibility index (Phi) is 8.61. The average Bonchev–Trinajstić information content (AvgIpc) is 2.99. The molecule has 1 atom stereocenters. The lowest BCUT2D eigenvalue weighted by molar-refractivity contribution is 0.144. The topological polar surface area (TPSA) is 94.9 Å². The second kappa shape index (κ2) is 11.4. The van der Waals surface area contributed by atoms with Crippen molar-refractivity contribution in [1.29, 1.82) is 5.26 Å². The molecule has 1 aliphatic rings. The molecule has 1 heterocycles. The van der Waals surface area contributed by atoms with Gasteiger partial charge in [-0.2, -0.15) is 22.3 Å². The zero-order valence-electron chi connectivity index (χ0n) is 18.5. The summed E-state index contributed by atoms with van der Waals surface area (Å²) < 4.78 is 41.0. The van der Waals surface area contributed by atoms with E-state index in [1.54, 1.807) is 30.7 Å². The highest BCUT2D eigenvalue weighted by molar-refractivity contribution is 7.86. The third-order valence-electron chi connectivity index (χ3n) is 5.52. The molecular formula is C23H30N4O4S. The van der Waals surface area contributed by atoms with Gasteiger partial charge in [-0.3, -0.25) is 0 Å². The Hall–Kier alpha value is -2.48. The summed E-state index contributed by atoms with van der Waals surface area (Å²) >= 11 is 0. The number of fused-ring (bicyclic) bond motifs is 1. The zero-order chi connectivity index (χ0) is 23.0. The molecule has 2 aromatic carbocycles. The van der Waals surface area contributed by atoms with E-state index in [9.17, 15) is 13.7 Å². The molecule has 32 heavy (non-hydrogen) atoms. The van der Waals surface area contributed by atoms with Gasteiger partial charge in [0.05, 0.1) is 24.8 Å². The first-order valence-electron chi connectivity index (χ1n) is 10.5. The Labute approximate surface area is 190 Å². The number of hydrogen-bond acceptors (Lipinski definition) is 6. The highest BCUT2D eigenvalue weighted by Crippen LogP contribution is 2.28. The Morgan fingerprint density at radius 1 is 1.12 bits per heavy atom. The number of nitriles is 1. The second-order valence-corrected chi connectivity index (χ2v) is 9.53. The number of benzene rings is 2. The van der Waals surface area contributed by atoms with Crippen LogP contribution in [0.4, 0.5) is 5.69 Å². The van der Waals surface area contributed by atoms with Crippen molar-refractivity contribution in [3.8, 4) is 6.07 Å². The van der Waals surface area contributed by atoms with E-state index in [1.165, 1.54) is 4.31 Å². The second-order valence-electron chi connectivity index (χ2n) is 7.65. The van der Waals surface area contributed by atoms with Crippen molar-refractivity contribution < 1.29 is 17.9 Å². The van der Waals surface area contributed by atoms with Gasteiger partial charge in [-0.1, -0.05) is 30.3 Å². The molecular weight excluding hydrogens is 428 g/mol. The lowest BCUT2D eigenvalue weighted by Crippen LogP contribution is -2.51. The maximum atomic E-state index is 13.9. The van der Waals surface area contributed by atoms with Crippen molar-refractivity contribution in [1.82, 2.24) is 8.61 Å². The molecule has 0 aromatic heterocycles. The minimum absolute atomic E-state index is 0.175. The van der Waals surface area contributed by atoms with E-state index in [2.05, 4.69) is 11.4 Å². The van der Waals surface area contributed by atoms with Crippen molar-refractivity contribution in [2.45, 2.75) is 19.0 Å². The fourth-order valence-electron chi connectivity index (χ4n) is 3.80. The number of anilines is 1. The minimum Gasteiger partial charge on any atom is -0.383 e. The molecule has 0 amide bonds. The fraction of sp³-hybridized carbons (Fsp3) is 0.435. The molecule has 0 aliphatic carbocycles. The van der Waals surface area contributed by atoms with Crippen LogP contribution in [0.2, 0.25) is 0 Å². The number of nitrogens with zero attached hydrogens (tertiary/aromatic N) is 3. The predicted octanol–water partition coefficient (Wildman–Crippen LogP) is 2.24. The van der Waals surface area contributed by atoms with Gasteiger partial charge in [0.2, 0.25) is 0 Å². The summed E-state index contributed by atoms with van der Waals surface area (Å²) in [5, 5.41) is 12.7. The zero-order valence-corrected chi connectivity index (χ0v) is 19.3. The van der Waals surface area contributed by atoms with Crippen LogP contribution in [0.3, 0.4) is 0 Å². The summed E-state index contributed by atoms with van der Waals surface area (Å²) in [4.78, 5) is 0. The van der Waals surface area contributed by atoms with E-state index >= 15 is 0 Å². The number of nitrogens with one attached hydrogen (secondary N) is 1. The summed E-state index contributed by atoms with van der Waals surface area (Å²) in [5.41, 5.74) is 3.19. The third-order valence-corrected chi connectivity index (χ3v) is 7.56. The molecule has 2 aromatic rings. The lowest BCUT2D eigenvalue weighted by atomic mass is 10.1. The molecule has 1 N–H and O–H groups in total. The Morgan fingerprint density at radius 2 is 1.81 bits per heavy atom. The van der Waals surface area contributed by atoms with Crippen molar-refractivity contribution in [2.75, 3.05) is 52.4 Å². The number of rotatable bonds is 10. The van der Waals surface area contributed by atoms with Crippen LogP contribution in [0.5, 0.6) is 0 Å². The summed E-state index contributed by atoms with van der Waals surface area (Å²) in [6.45, 7) is 1.66. The molecule has 0 saturated carbocycles. The van der Waals surface area contributed by atoms with E-state index in [1.807, 2.05) is 36.4 Å². The highest BCUT2D eigenvalue weighted by Gasteiger charge is 2.37. The maximum absolute atomic E-state index is 13.9. The van der Waals surface area contributed by atoms with Crippen molar-refractivity contribution in [3.63, 3.8) is 0 Å². The summed E-state index contributed by atoms with van der Waals surface area (Å²) in [5.74, 6) is 0. The SMILES string of the molecule is COCCN(CCOC)S(=O)(=O)N1Cc2cc(C#N)ccc2NC[C@H]1Cc1ccccc1. The Balaban J connectivity index is 1.99. The molecule has 0 fully saturated rings. The van der Waals surface area contributed by atoms with Crippen LogP contribution in [-0.2, 0) is 32.6 Å². The van der Waals surface area contributed by atoms with E-state index in [-0.39, 0.29) is 38.9 Å². The highest BCUT2D eigenvalue weighted by atomic mass is 32.2. The van der Waals surface area contributed by atoms with Crippen LogP contribution in [0, 0.1) is 11.3 Å². The first-order chi connectivity index (χ1) is 15.5. The van der Waals surface area contributed by atoms with Gasteiger partial charge in [-0.15, -0.1) is 0 Å². The summed E-state index contributed by atoms with van der Waals surface area (Å²) in [6, 6.07) is 17.0. The number of hydrogen-bond donors (Lipinski definition) is 1. The molecule has 8 nitrogen and oxygen atoms in total. The molecule has 3 rings (SSSR count). The smallest absolute Gasteiger partial charge is 0.282 e. The predicted molar refractivity (Wildman–Crippen MR) is 123 cm³/mol. The minimum atomic E-state index is -3.84. The molecule has 0 radical (unpaired) electrons. The number of methoxy groups -OCH3 is 2. The van der Waals surface area contributed by atoms with Crippen LogP contribution < -0.4 is 5.32 Å². The van der Waals surface area contributed by atoms with Crippen molar-refractivity contribution in [2.24, 2.45) is 0 Å². The first kappa shape index (κ1) is 24.2. The monoisotopic (exact) mass is 458 g/mol. The molecule has 172 valence electrons. The Bertz CT molecular complexity index is 1020. The molecule has 0 saturated heterocycles. The fourth-order valence-corrected chi connectivity index (χ4v) is 5.54. The van der Waals surface area contributed by atoms with E-state index in [4.69, 9.17) is 9.47 Å². The van der Waals surface area contributed by atoms with E-state index in [0.717, 1.165) is 16.8 Å². The molecule has 9 heteroatoms. The summed E-state index contributed by atoms with van der Waals surface area (Å²) in [7, 11) is -0.739. The largest absolute Gasteiger partial charge is 0.383 e. The van der Waals surface area contributed by atoms with Gasteiger partial charge in [0.15, 0.2) is 0 Å². The van der Waals surface area contributed by atoms with Crippen LogP contribution >= 0.6 is 0 Å². The average molecular weight is 459 g/mol. The van der Waals surface area contributed by atoms with E-state index < -0.39 is 10.2 Å². The van der Waals surface area contributed by atoms with Gasteiger partial charge in [0.25, 0.3) is 10.2 Å². The molecule has 0 bridgehead atoms. The van der Waals surface area contributed by atoms with E-state index in [0.29, 0.717) is 18.5 Å². The summed E-state index contributed by atoms with van der Waals surface area (Å²) in [6.07, 6.45) is 0.564. The third kappa shape index (κ3) is 5.85. The molecule has 0 unspecified atom stereocenters. The van der Waals surface area contributed by atoms with Gasteiger partial charge < -0.3 is 14.8 Å². The first-order valence-corrected chi connectivity index (χ1v) is 11.9. The number of ether oxygens (including phenoxy) is 2. The normalized spacial score (nSPS) is 16.8. The lowest BCUT2D eigenvalue weighted by Gasteiger charge is -2.34. The maximum Gasteiger partial charge on any atom is 0.282 e. The Morgan fingerprint density at radius 3 is 2.44 bits per heavy atom. The van der Waals surface area contributed by atoms with Gasteiger partial charge in [0, 0.05) is 52.1 Å². The van der Waals surface area contributed by atoms with Crippen LogP contribution in [0.15, 0.2) is 48.5 Å². The van der Waals surface area contributed by atoms with Gasteiger partial charge in [-0.25, -0.2) is 0 Å².